The van der Waals surface area contributed by atoms with Gasteiger partial charge in [-0.25, -0.2) is 9.97 Å². The second-order valence-electron chi connectivity index (χ2n) is 10.8. The molecular formula is C29H35N7O5S. The molecule has 4 heterocycles. The fourth-order valence-corrected chi connectivity index (χ4v) is 6.07. The van der Waals surface area contributed by atoms with Gasteiger partial charge >= 0.3 is 0 Å². The van der Waals surface area contributed by atoms with Crippen molar-refractivity contribution in [2.75, 3.05) is 26.2 Å². The fourth-order valence-electron chi connectivity index (χ4n) is 5.05. The molecule has 0 saturated carbocycles. The molecule has 0 radical (unpaired) electrons. The molecule has 1 aromatic carbocycles. The smallest absolute Gasteiger partial charge is 0.273 e. The maximum absolute atomic E-state index is 13.3. The van der Waals surface area contributed by atoms with E-state index in [0.717, 1.165) is 18.5 Å². The van der Waals surface area contributed by atoms with Crippen LogP contribution in [-0.2, 0) is 16.0 Å². The van der Waals surface area contributed by atoms with Crippen LogP contribution >= 0.6 is 11.3 Å². The van der Waals surface area contributed by atoms with E-state index in [1.54, 1.807) is 5.38 Å². The minimum absolute atomic E-state index is 0.0295. The van der Waals surface area contributed by atoms with Crippen LogP contribution < -0.4 is 21.3 Å². The summed E-state index contributed by atoms with van der Waals surface area (Å²) < 4.78 is 5.68. The molecular weight excluding hydrogens is 558 g/mol. The number of aromatic nitrogens is 2. The Hall–Kier alpha value is -4.10. The number of hydrogen-bond donors (Lipinski definition) is 4. The summed E-state index contributed by atoms with van der Waals surface area (Å²) in [5, 5.41) is 14.2. The zero-order chi connectivity index (χ0) is 29.6. The molecule has 3 aromatic rings. The van der Waals surface area contributed by atoms with Gasteiger partial charge in [0.05, 0.1) is 18.6 Å². The minimum atomic E-state index is -0.668. The summed E-state index contributed by atoms with van der Waals surface area (Å²) in [4.78, 5) is 63.2. The first-order valence-electron chi connectivity index (χ1n) is 14.1. The maximum Gasteiger partial charge on any atom is 0.273 e. The van der Waals surface area contributed by atoms with E-state index in [-0.39, 0.29) is 60.7 Å². The van der Waals surface area contributed by atoms with Crippen molar-refractivity contribution in [1.82, 2.24) is 36.1 Å². The molecule has 4 bridgehead atoms. The number of fused-ring (bicyclic) bond motifs is 4. The van der Waals surface area contributed by atoms with Gasteiger partial charge in [-0.3, -0.25) is 19.2 Å². The van der Waals surface area contributed by atoms with Gasteiger partial charge in [0.1, 0.15) is 23.0 Å². The average molecular weight is 594 g/mol. The van der Waals surface area contributed by atoms with Crippen molar-refractivity contribution in [3.63, 3.8) is 0 Å². The van der Waals surface area contributed by atoms with Crippen LogP contribution in [0.1, 0.15) is 76.2 Å². The number of hydrogen-bond acceptors (Lipinski definition) is 9. The first-order chi connectivity index (χ1) is 20.3. The third-order valence-corrected chi connectivity index (χ3v) is 8.24. The third kappa shape index (κ3) is 7.02. The summed E-state index contributed by atoms with van der Waals surface area (Å²) in [6, 6.07) is 8.06. The number of rotatable bonds is 4. The number of amides is 4. The number of carbonyl (C=O) groups excluding carboxylic acids is 4. The molecule has 2 aliphatic rings. The van der Waals surface area contributed by atoms with Crippen LogP contribution in [0.4, 0.5) is 0 Å². The Morgan fingerprint density at radius 3 is 2.62 bits per heavy atom. The van der Waals surface area contributed by atoms with Crippen molar-refractivity contribution in [2.45, 2.75) is 51.2 Å². The lowest BCUT2D eigenvalue weighted by Gasteiger charge is -2.27. The number of thiazole rings is 1. The minimum Gasteiger partial charge on any atom is -0.446 e. The highest BCUT2D eigenvalue weighted by atomic mass is 32.1. The molecule has 3 atom stereocenters. The maximum atomic E-state index is 13.3. The Balaban J connectivity index is 1.45. The molecule has 12 nitrogen and oxygen atoms in total. The van der Waals surface area contributed by atoms with Crippen molar-refractivity contribution in [2.24, 2.45) is 5.92 Å². The molecule has 2 aliphatic heterocycles. The zero-order valence-electron chi connectivity index (χ0n) is 23.6. The van der Waals surface area contributed by atoms with Gasteiger partial charge in [-0.15, -0.1) is 11.3 Å². The predicted molar refractivity (Wildman–Crippen MR) is 155 cm³/mol. The lowest BCUT2D eigenvalue weighted by Crippen LogP contribution is -2.50. The summed E-state index contributed by atoms with van der Waals surface area (Å²) in [5.74, 6) is -1.30. The van der Waals surface area contributed by atoms with E-state index in [0.29, 0.717) is 17.8 Å². The lowest BCUT2D eigenvalue weighted by molar-refractivity contribution is -0.137. The SMILES string of the molecule is CC(C)[C@@H]1NC(=O)CN(C(=O)[C@@H]2CCCN2)CCNC(=O)c2coc(n2)[C@H](Cc2ccccc2)NC(=O)c2csc1n2. The van der Waals surface area contributed by atoms with E-state index >= 15 is 0 Å². The molecule has 1 saturated heterocycles. The highest BCUT2D eigenvalue weighted by molar-refractivity contribution is 7.09. The van der Waals surface area contributed by atoms with E-state index in [2.05, 4.69) is 31.2 Å². The van der Waals surface area contributed by atoms with Crippen molar-refractivity contribution in [3.05, 3.63) is 69.8 Å². The number of benzene rings is 1. The molecule has 4 amide bonds. The van der Waals surface area contributed by atoms with Crippen molar-refractivity contribution >= 4 is 35.0 Å². The Morgan fingerprint density at radius 1 is 1.07 bits per heavy atom. The largest absolute Gasteiger partial charge is 0.446 e. The Labute approximate surface area is 247 Å². The van der Waals surface area contributed by atoms with Crippen molar-refractivity contribution < 1.29 is 23.6 Å². The van der Waals surface area contributed by atoms with Crippen LogP contribution in [0, 0.1) is 5.92 Å². The quantitative estimate of drug-likeness (QED) is 0.358. The van der Waals surface area contributed by atoms with Gasteiger partial charge in [-0.1, -0.05) is 44.2 Å². The van der Waals surface area contributed by atoms with Crippen LogP contribution in [0.25, 0.3) is 0 Å². The second-order valence-corrected chi connectivity index (χ2v) is 11.7. The number of nitrogens with zero attached hydrogens (tertiary/aromatic N) is 3. The standard InChI is InChI=1S/C29H35N7O5S/c1-17(2)24-28-34-22(16-42-28)26(39)32-20(13-18-7-4-3-5-8-18)27-33-21(15-41-27)25(38)31-11-12-36(14-23(37)35-24)29(40)19-9-6-10-30-19/h3-5,7-8,15-17,19-20,24,30H,6,9-14H2,1-2H3,(H,31,38)(H,32,39)(H,35,37)/t19-,20-,24-/m0/s1. The summed E-state index contributed by atoms with van der Waals surface area (Å²) >= 11 is 1.28. The predicted octanol–water partition coefficient (Wildman–Crippen LogP) is 1.98. The second kappa shape index (κ2) is 13.3. The fraction of sp³-hybridized carbons (Fsp3) is 0.448. The van der Waals surface area contributed by atoms with E-state index in [1.165, 1.54) is 22.5 Å². The molecule has 0 spiro atoms. The molecule has 4 N–H and O–H groups in total. The summed E-state index contributed by atoms with van der Waals surface area (Å²) in [6.45, 7) is 4.72. The van der Waals surface area contributed by atoms with Gasteiger partial charge < -0.3 is 30.6 Å². The van der Waals surface area contributed by atoms with Gasteiger partial charge in [-0.2, -0.15) is 0 Å². The Kier molecular flexibility index (Phi) is 9.28. The van der Waals surface area contributed by atoms with E-state index in [4.69, 9.17) is 4.42 Å². The number of nitrogens with one attached hydrogen (secondary N) is 4. The monoisotopic (exact) mass is 593 g/mol. The van der Waals surface area contributed by atoms with Crippen LogP contribution in [-0.4, -0.2) is 70.7 Å². The molecule has 13 heteroatoms. The van der Waals surface area contributed by atoms with Crippen LogP contribution in [0.3, 0.4) is 0 Å². The van der Waals surface area contributed by atoms with Gasteiger partial charge in [0.2, 0.25) is 17.7 Å². The van der Waals surface area contributed by atoms with Gasteiger partial charge in [0.15, 0.2) is 5.69 Å². The average Bonchev–Trinajstić information content (AvgIpc) is 3.77. The normalized spacial score (nSPS) is 22.2. The van der Waals surface area contributed by atoms with Crippen molar-refractivity contribution in [1.29, 1.82) is 0 Å². The lowest BCUT2D eigenvalue weighted by atomic mass is 10.0. The number of oxazole rings is 1. The number of carbonyl (C=O) groups is 4. The zero-order valence-corrected chi connectivity index (χ0v) is 24.4. The van der Waals surface area contributed by atoms with Crippen LogP contribution in [0.2, 0.25) is 0 Å². The van der Waals surface area contributed by atoms with E-state index < -0.39 is 23.9 Å². The third-order valence-electron chi connectivity index (χ3n) is 7.32. The highest BCUT2D eigenvalue weighted by Gasteiger charge is 2.31. The topological polar surface area (TPSA) is 159 Å². The van der Waals surface area contributed by atoms with E-state index in [1.807, 2.05) is 44.2 Å². The summed E-state index contributed by atoms with van der Waals surface area (Å²) in [5.41, 5.74) is 1.18. The molecule has 5 rings (SSSR count). The van der Waals surface area contributed by atoms with Crippen LogP contribution in [0.5, 0.6) is 0 Å². The molecule has 2 aromatic heterocycles. The summed E-state index contributed by atoms with van der Waals surface area (Å²) in [6.07, 6.45) is 3.19. The molecule has 42 heavy (non-hydrogen) atoms. The highest BCUT2D eigenvalue weighted by Crippen LogP contribution is 2.26. The molecule has 222 valence electrons. The molecule has 0 aliphatic carbocycles. The first-order valence-corrected chi connectivity index (χ1v) is 15.0. The van der Waals surface area contributed by atoms with Gasteiger partial charge in [-0.05, 0) is 30.9 Å². The molecule has 1 fully saturated rings. The Bertz CT molecular complexity index is 1420. The van der Waals surface area contributed by atoms with E-state index in [9.17, 15) is 19.2 Å². The van der Waals surface area contributed by atoms with Gasteiger partial charge in [0, 0.05) is 24.9 Å². The van der Waals surface area contributed by atoms with Crippen molar-refractivity contribution in [3.8, 4) is 0 Å². The first kappa shape index (κ1) is 29.4. The van der Waals surface area contributed by atoms with Crippen LogP contribution in [0.15, 0.2) is 46.4 Å². The van der Waals surface area contributed by atoms with Gasteiger partial charge in [0.25, 0.3) is 11.8 Å². The Morgan fingerprint density at radius 2 is 1.88 bits per heavy atom. The summed E-state index contributed by atoms with van der Waals surface area (Å²) in [7, 11) is 0. The molecule has 0 unspecified atom stereocenters.